The molecule has 0 aliphatic heterocycles. The molecule has 0 aliphatic rings. The van der Waals surface area contributed by atoms with E-state index in [1.54, 1.807) is 0 Å². The van der Waals surface area contributed by atoms with Gasteiger partial charge in [-0.3, -0.25) is 0 Å². The molecule has 2 rings (SSSR count). The van der Waals surface area contributed by atoms with Gasteiger partial charge >= 0.3 is 0 Å². The highest BCUT2D eigenvalue weighted by Crippen LogP contribution is 2.37. The maximum absolute atomic E-state index is 7.56. The maximum atomic E-state index is 7.56. The fourth-order valence-electron chi connectivity index (χ4n) is 9.72. The van der Waals surface area contributed by atoms with Crippen LogP contribution in [0.25, 0.3) is 0 Å². The van der Waals surface area contributed by atoms with Gasteiger partial charge in [-0.2, -0.15) is 0 Å². The molecule has 2 unspecified atom stereocenters. The van der Waals surface area contributed by atoms with Crippen molar-refractivity contribution in [2.45, 2.75) is 282 Å². The maximum Gasteiger partial charge on any atom is 0.0912 e. The van der Waals surface area contributed by atoms with Crippen molar-refractivity contribution in [2.24, 2.45) is 0 Å². The normalized spacial score (nSPS) is 13.5. The van der Waals surface area contributed by atoms with Gasteiger partial charge in [-0.25, -0.2) is 0 Å². The minimum absolute atomic E-state index is 0.423. The van der Waals surface area contributed by atoms with Gasteiger partial charge in [-0.05, 0) is 24.0 Å². The first-order chi connectivity index (χ1) is 30.1. The van der Waals surface area contributed by atoms with Crippen molar-refractivity contribution in [1.82, 2.24) is 0 Å². The van der Waals surface area contributed by atoms with Gasteiger partial charge in [-0.1, -0.05) is 318 Å². The van der Waals surface area contributed by atoms with Crippen molar-refractivity contribution in [1.29, 1.82) is 0 Å². The van der Waals surface area contributed by atoms with Crippen LogP contribution in [0.5, 0.6) is 0 Å². The lowest BCUT2D eigenvalue weighted by molar-refractivity contribution is -0.116. The van der Waals surface area contributed by atoms with Gasteiger partial charge in [0, 0.05) is 12.8 Å². The van der Waals surface area contributed by atoms with Gasteiger partial charge < -0.3 is 4.74 Å². The lowest BCUT2D eigenvalue weighted by Crippen LogP contribution is -2.45. The molecule has 1 heteroatoms. The Labute approximate surface area is 382 Å². The average Bonchev–Trinajstić information content (AvgIpc) is 3.28. The Morgan fingerprint density at radius 1 is 0.328 bits per heavy atom. The molecule has 0 aromatic heterocycles. The van der Waals surface area contributed by atoms with Crippen LogP contribution in [0.4, 0.5) is 0 Å². The summed E-state index contributed by atoms with van der Waals surface area (Å²) < 4.78 is 7.56. The van der Waals surface area contributed by atoms with Crippen LogP contribution in [0.3, 0.4) is 0 Å². The number of ether oxygens (including phenoxy) is 1. The molecule has 0 N–H and O–H groups in total. The number of hydrogen-bond acceptors (Lipinski definition) is 1. The summed E-state index contributed by atoms with van der Waals surface area (Å²) in [5.41, 5.74) is 1.81. The molecule has 2 atom stereocenters. The Morgan fingerprint density at radius 3 is 0.754 bits per heavy atom. The Balaban J connectivity index is 1.77. The van der Waals surface area contributed by atoms with Crippen LogP contribution in [0.2, 0.25) is 0 Å². The quantitative estimate of drug-likeness (QED) is 0.0477. The summed E-state index contributed by atoms with van der Waals surface area (Å²) in [4.78, 5) is 0. The molecule has 0 aliphatic carbocycles. The highest BCUT2D eigenvalue weighted by atomic mass is 16.5. The van der Waals surface area contributed by atoms with Crippen molar-refractivity contribution in [3.05, 3.63) is 97.1 Å². The van der Waals surface area contributed by atoms with Crippen molar-refractivity contribution in [3.8, 4) is 0 Å². The van der Waals surface area contributed by atoms with Crippen LogP contribution in [0, 0.1) is 0 Å². The van der Waals surface area contributed by atoms with E-state index in [0.717, 1.165) is 25.7 Å². The molecule has 1 nitrogen and oxygen atoms in total. The highest BCUT2D eigenvalue weighted by molar-refractivity contribution is 5.23. The molecule has 2 aromatic rings. The molecule has 0 saturated heterocycles. The van der Waals surface area contributed by atoms with Gasteiger partial charge in [0.2, 0.25) is 0 Å². The van der Waals surface area contributed by atoms with Gasteiger partial charge in [0.05, 0.1) is 11.2 Å². The van der Waals surface area contributed by atoms with E-state index in [9.17, 15) is 0 Å². The SMILES string of the molecule is C=CC(CCCCCCCCCCCCCCCCCCCC)(Cc1ccccc1)OC(C=C)(CCCCCCCCCCCCCCCCCCCC)Cc1ccccc1. The molecule has 0 fully saturated rings. The zero-order valence-corrected chi connectivity index (χ0v) is 41.0. The highest BCUT2D eigenvalue weighted by Gasteiger charge is 2.38. The van der Waals surface area contributed by atoms with Crippen molar-refractivity contribution >= 4 is 0 Å². The second-order valence-corrected chi connectivity index (χ2v) is 19.5. The van der Waals surface area contributed by atoms with Crippen molar-refractivity contribution < 1.29 is 4.74 Å². The molecule has 0 heterocycles. The van der Waals surface area contributed by atoms with E-state index < -0.39 is 11.2 Å². The van der Waals surface area contributed by atoms with Gasteiger partial charge in [0.15, 0.2) is 0 Å². The second kappa shape index (κ2) is 39.5. The lowest BCUT2D eigenvalue weighted by Gasteiger charge is -2.42. The Bertz CT molecular complexity index is 1120. The third-order valence-corrected chi connectivity index (χ3v) is 13.7. The van der Waals surface area contributed by atoms with Crippen LogP contribution in [0.1, 0.15) is 269 Å². The summed E-state index contributed by atoms with van der Waals surface area (Å²) in [7, 11) is 0. The second-order valence-electron chi connectivity index (χ2n) is 19.5. The summed E-state index contributed by atoms with van der Waals surface area (Å²) in [6.07, 6.45) is 58.4. The number of unbranched alkanes of at least 4 members (excludes halogenated alkanes) is 34. The van der Waals surface area contributed by atoms with E-state index in [4.69, 9.17) is 4.74 Å². The third kappa shape index (κ3) is 29.8. The van der Waals surface area contributed by atoms with Crippen molar-refractivity contribution in [2.75, 3.05) is 0 Å². The summed E-state index contributed by atoms with van der Waals surface area (Å²) in [6, 6.07) is 22.0. The summed E-state index contributed by atoms with van der Waals surface area (Å²) in [5, 5.41) is 0. The minimum atomic E-state index is -0.423. The zero-order valence-electron chi connectivity index (χ0n) is 41.0. The van der Waals surface area contributed by atoms with Crippen LogP contribution >= 0.6 is 0 Å². The topological polar surface area (TPSA) is 9.23 Å². The molecular formula is C60H102O. The van der Waals surface area contributed by atoms with E-state index in [1.807, 2.05) is 0 Å². The Hall–Kier alpha value is -2.12. The number of rotatable bonds is 46. The minimum Gasteiger partial charge on any atom is -0.360 e. The van der Waals surface area contributed by atoms with Crippen LogP contribution in [-0.4, -0.2) is 11.2 Å². The van der Waals surface area contributed by atoms with E-state index >= 15 is 0 Å². The van der Waals surface area contributed by atoms with Crippen molar-refractivity contribution in [3.63, 3.8) is 0 Å². The van der Waals surface area contributed by atoms with E-state index in [-0.39, 0.29) is 0 Å². The van der Waals surface area contributed by atoms with Gasteiger partial charge in [-0.15, -0.1) is 13.2 Å². The predicted molar refractivity (Wildman–Crippen MR) is 274 cm³/mol. The largest absolute Gasteiger partial charge is 0.360 e. The first-order valence-corrected chi connectivity index (χ1v) is 27.2. The predicted octanol–water partition coefficient (Wildman–Crippen LogP) is 20.2. The Kier molecular flexibility index (Phi) is 35.6. The Morgan fingerprint density at radius 2 is 0.541 bits per heavy atom. The first-order valence-electron chi connectivity index (χ1n) is 27.2. The fourth-order valence-corrected chi connectivity index (χ4v) is 9.72. The van der Waals surface area contributed by atoms with Crippen LogP contribution in [0.15, 0.2) is 86.0 Å². The van der Waals surface area contributed by atoms with E-state index in [0.29, 0.717) is 0 Å². The zero-order chi connectivity index (χ0) is 43.6. The molecule has 0 bridgehead atoms. The average molecular weight is 839 g/mol. The van der Waals surface area contributed by atoms with E-state index in [1.165, 1.54) is 242 Å². The standard InChI is InChI=1S/C60H102O/c1-5-9-11-13-15-17-19-21-23-25-27-29-31-33-35-37-39-47-53-59(7-3,55-57-49-43-41-44-50-57)61-60(8-4,56-58-51-45-42-46-52-58)54-48-40-38-36-34-32-30-28-26-24-22-20-18-16-14-12-10-6-2/h7-8,41-46,49-52H,3-6,9-40,47-48,53-56H2,1-2H3. The first kappa shape index (κ1) is 55.0. The molecule has 348 valence electrons. The van der Waals surface area contributed by atoms with Gasteiger partial charge in [0.25, 0.3) is 0 Å². The smallest absolute Gasteiger partial charge is 0.0912 e. The van der Waals surface area contributed by atoms with Gasteiger partial charge in [0.1, 0.15) is 0 Å². The molecule has 61 heavy (non-hydrogen) atoms. The monoisotopic (exact) mass is 839 g/mol. The molecule has 0 amide bonds. The number of benzene rings is 2. The summed E-state index contributed by atoms with van der Waals surface area (Å²) >= 11 is 0. The number of hydrogen-bond donors (Lipinski definition) is 0. The molecular weight excluding hydrogens is 737 g/mol. The molecule has 0 spiro atoms. The summed E-state index contributed by atoms with van der Waals surface area (Å²) in [6.45, 7) is 13.6. The molecule has 0 saturated carbocycles. The third-order valence-electron chi connectivity index (χ3n) is 13.7. The van der Waals surface area contributed by atoms with Crippen LogP contribution < -0.4 is 0 Å². The molecule has 0 radical (unpaired) electrons. The fraction of sp³-hybridized carbons (Fsp3) is 0.733. The van der Waals surface area contributed by atoms with E-state index in [2.05, 4.69) is 99.8 Å². The lowest BCUT2D eigenvalue weighted by atomic mass is 9.84. The van der Waals surface area contributed by atoms with Crippen LogP contribution in [-0.2, 0) is 17.6 Å². The molecule has 2 aromatic carbocycles. The summed E-state index contributed by atoms with van der Waals surface area (Å²) in [5.74, 6) is 0.